The van der Waals surface area contributed by atoms with Crippen molar-refractivity contribution in [2.75, 3.05) is 19.8 Å². The quantitative estimate of drug-likeness (QED) is 0.793. The Hall–Kier alpha value is -0.415. The predicted octanol–water partition coefficient (Wildman–Crippen LogP) is 2.52. The van der Waals surface area contributed by atoms with Crippen LogP contribution in [0.4, 0.5) is 0 Å². The monoisotopic (exact) mass is 274 g/mol. The molecule has 0 aromatic heterocycles. The summed E-state index contributed by atoms with van der Waals surface area (Å²) >= 11 is 12.3. The maximum atomic E-state index is 6.26. The Morgan fingerprint density at radius 3 is 2.65 bits per heavy atom. The number of rotatable bonds is 3. The Morgan fingerprint density at radius 2 is 2.00 bits per heavy atom. The van der Waals surface area contributed by atoms with Gasteiger partial charge in [0.15, 0.2) is 5.75 Å². The molecule has 2 rings (SSSR count). The number of hydrogen-bond acceptors (Lipinski definition) is 3. The summed E-state index contributed by atoms with van der Waals surface area (Å²) in [5.41, 5.74) is 0.763. The molecule has 0 amide bonds. The lowest BCUT2D eigenvalue weighted by atomic mass is 9.78. The topological polar surface area (TPSA) is 27.7 Å². The second kappa shape index (κ2) is 5.96. The van der Waals surface area contributed by atoms with Gasteiger partial charge in [-0.25, -0.2) is 0 Å². The molecular weight excluding hydrogens is 262 g/mol. The van der Waals surface area contributed by atoms with E-state index in [9.17, 15) is 0 Å². The summed E-state index contributed by atoms with van der Waals surface area (Å²) in [6.07, 6.45) is 0.903. The van der Waals surface area contributed by atoms with Crippen molar-refractivity contribution in [3.63, 3.8) is 0 Å². The van der Waals surface area contributed by atoms with Crippen LogP contribution in [-0.2, 0) is 9.31 Å². The number of benzene rings is 1. The molecule has 0 spiro atoms. The van der Waals surface area contributed by atoms with Crippen molar-refractivity contribution in [3.8, 4) is 5.75 Å². The molecule has 1 saturated heterocycles. The van der Waals surface area contributed by atoms with Gasteiger partial charge in [-0.3, -0.25) is 0 Å². The van der Waals surface area contributed by atoms with Crippen LogP contribution in [0.2, 0.25) is 10.0 Å². The van der Waals surface area contributed by atoms with Gasteiger partial charge in [0.1, 0.15) is 0 Å². The molecule has 92 valence electrons. The highest BCUT2D eigenvalue weighted by Crippen LogP contribution is 2.31. The highest BCUT2D eigenvalue weighted by Gasteiger charge is 2.29. The molecule has 1 aliphatic heterocycles. The summed E-state index contributed by atoms with van der Waals surface area (Å²) in [5, 5.41) is 0.961. The van der Waals surface area contributed by atoms with Crippen LogP contribution in [0, 0.1) is 0 Å². The van der Waals surface area contributed by atoms with E-state index in [-0.39, 0.29) is 0 Å². The minimum atomic E-state index is -0.423. The van der Waals surface area contributed by atoms with Gasteiger partial charge in [0.05, 0.1) is 16.7 Å². The molecular formula is C11H13BCl2O3. The largest absolute Gasteiger partial charge is 0.495 e. The molecule has 0 bridgehead atoms. The van der Waals surface area contributed by atoms with Crippen LogP contribution in [0.15, 0.2) is 12.1 Å². The molecule has 1 aromatic carbocycles. The molecule has 1 aliphatic rings. The average molecular weight is 275 g/mol. The van der Waals surface area contributed by atoms with Crippen LogP contribution in [0.3, 0.4) is 0 Å². The van der Waals surface area contributed by atoms with Gasteiger partial charge < -0.3 is 14.0 Å². The molecule has 0 aliphatic carbocycles. The van der Waals surface area contributed by atoms with Gasteiger partial charge in [-0.1, -0.05) is 29.3 Å². The van der Waals surface area contributed by atoms with Gasteiger partial charge in [0.2, 0.25) is 0 Å². The minimum absolute atomic E-state index is 0.423. The van der Waals surface area contributed by atoms with Gasteiger partial charge in [-0.05, 0) is 19.4 Å². The molecule has 0 unspecified atom stereocenters. The highest BCUT2D eigenvalue weighted by atomic mass is 35.5. The first-order chi connectivity index (χ1) is 8.24. The summed E-state index contributed by atoms with van der Waals surface area (Å²) in [4.78, 5) is 0. The first kappa shape index (κ1) is 13.0. The molecule has 0 N–H and O–H groups in total. The van der Waals surface area contributed by atoms with E-state index in [0.717, 1.165) is 11.9 Å². The SMILES string of the molecule is CCOc1c(Cl)ccc(B2OCCCO2)c1Cl. The van der Waals surface area contributed by atoms with E-state index in [2.05, 4.69) is 0 Å². The van der Waals surface area contributed by atoms with Crippen molar-refractivity contribution >= 4 is 35.8 Å². The minimum Gasteiger partial charge on any atom is -0.491 e. The van der Waals surface area contributed by atoms with E-state index in [1.54, 1.807) is 6.07 Å². The zero-order chi connectivity index (χ0) is 12.3. The highest BCUT2D eigenvalue weighted by molar-refractivity contribution is 6.65. The second-order valence-corrected chi connectivity index (χ2v) is 4.42. The van der Waals surface area contributed by atoms with Crippen molar-refractivity contribution in [1.82, 2.24) is 0 Å². The molecule has 0 atom stereocenters. The lowest BCUT2D eigenvalue weighted by Gasteiger charge is -2.21. The van der Waals surface area contributed by atoms with Gasteiger partial charge in [-0.2, -0.15) is 0 Å². The Kier molecular flexibility index (Phi) is 4.57. The summed E-state index contributed by atoms with van der Waals surface area (Å²) in [6, 6.07) is 3.55. The maximum absolute atomic E-state index is 6.26. The average Bonchev–Trinajstić information content (AvgIpc) is 2.36. The van der Waals surface area contributed by atoms with E-state index in [0.29, 0.717) is 35.6 Å². The normalized spacial score (nSPS) is 16.1. The molecule has 1 heterocycles. The van der Waals surface area contributed by atoms with Gasteiger partial charge in [0, 0.05) is 18.7 Å². The van der Waals surface area contributed by atoms with E-state index in [1.165, 1.54) is 0 Å². The van der Waals surface area contributed by atoms with Crippen LogP contribution in [0.25, 0.3) is 0 Å². The van der Waals surface area contributed by atoms with Gasteiger partial charge in [-0.15, -0.1) is 0 Å². The Bertz CT molecular complexity index is 395. The lowest BCUT2D eigenvalue weighted by molar-refractivity contribution is 0.143. The lowest BCUT2D eigenvalue weighted by Crippen LogP contribution is -2.41. The van der Waals surface area contributed by atoms with E-state index >= 15 is 0 Å². The van der Waals surface area contributed by atoms with Crippen LogP contribution in [-0.4, -0.2) is 26.9 Å². The second-order valence-electron chi connectivity index (χ2n) is 3.64. The Balaban J connectivity index is 2.30. The maximum Gasteiger partial charge on any atom is 0.495 e. The number of ether oxygens (including phenoxy) is 1. The fourth-order valence-corrected chi connectivity index (χ4v) is 2.24. The number of halogens is 2. The summed E-state index contributed by atoms with van der Waals surface area (Å²) in [6.45, 7) is 3.74. The molecule has 6 heteroatoms. The zero-order valence-corrected chi connectivity index (χ0v) is 11.1. The Labute approximate surface area is 111 Å². The third-order valence-electron chi connectivity index (χ3n) is 2.45. The molecule has 17 heavy (non-hydrogen) atoms. The first-order valence-electron chi connectivity index (χ1n) is 5.58. The molecule has 0 saturated carbocycles. The van der Waals surface area contributed by atoms with E-state index in [1.807, 2.05) is 13.0 Å². The summed E-state index contributed by atoms with van der Waals surface area (Å²) in [5.74, 6) is 0.492. The van der Waals surface area contributed by atoms with Crippen molar-refractivity contribution in [2.45, 2.75) is 13.3 Å². The van der Waals surface area contributed by atoms with Crippen molar-refractivity contribution in [2.24, 2.45) is 0 Å². The van der Waals surface area contributed by atoms with Gasteiger partial charge in [0.25, 0.3) is 0 Å². The van der Waals surface area contributed by atoms with Crippen molar-refractivity contribution < 1.29 is 14.0 Å². The molecule has 1 aromatic rings. The summed E-state index contributed by atoms with van der Waals surface area (Å²) in [7, 11) is -0.423. The summed E-state index contributed by atoms with van der Waals surface area (Å²) < 4.78 is 16.4. The molecule has 3 nitrogen and oxygen atoms in total. The zero-order valence-electron chi connectivity index (χ0n) is 9.54. The number of hydrogen-bond donors (Lipinski definition) is 0. The third kappa shape index (κ3) is 2.88. The van der Waals surface area contributed by atoms with Crippen LogP contribution in [0.5, 0.6) is 5.75 Å². The van der Waals surface area contributed by atoms with Gasteiger partial charge >= 0.3 is 7.12 Å². The Morgan fingerprint density at radius 1 is 1.29 bits per heavy atom. The smallest absolute Gasteiger partial charge is 0.491 e. The third-order valence-corrected chi connectivity index (χ3v) is 3.14. The predicted molar refractivity (Wildman–Crippen MR) is 69.5 cm³/mol. The van der Waals surface area contributed by atoms with Crippen LogP contribution < -0.4 is 10.2 Å². The van der Waals surface area contributed by atoms with E-state index in [4.69, 9.17) is 37.2 Å². The fourth-order valence-electron chi connectivity index (χ4n) is 1.67. The molecule has 1 fully saturated rings. The fraction of sp³-hybridized carbons (Fsp3) is 0.455. The van der Waals surface area contributed by atoms with Crippen molar-refractivity contribution in [3.05, 3.63) is 22.2 Å². The van der Waals surface area contributed by atoms with Crippen molar-refractivity contribution in [1.29, 1.82) is 0 Å². The van der Waals surface area contributed by atoms with Crippen LogP contribution in [0.1, 0.15) is 13.3 Å². The molecule has 0 radical (unpaired) electrons. The van der Waals surface area contributed by atoms with Crippen LogP contribution >= 0.6 is 23.2 Å². The standard InChI is InChI=1S/C11H13BCl2O3/c1-2-15-11-9(13)5-4-8(10(11)14)12-16-6-3-7-17-12/h4-5H,2-3,6-7H2,1H3. The first-order valence-corrected chi connectivity index (χ1v) is 6.33. The van der Waals surface area contributed by atoms with E-state index < -0.39 is 7.12 Å².